The molecule has 4 aromatic heterocycles. The first-order valence-corrected chi connectivity index (χ1v) is 13.2. The zero-order chi connectivity index (χ0) is 28.6. The number of ether oxygens (including phenoxy) is 1. The van der Waals surface area contributed by atoms with Crippen molar-refractivity contribution in [3.8, 4) is 22.8 Å². The second-order valence-corrected chi connectivity index (χ2v) is 9.99. The molecular formula is C26H26F4N8O3. The topological polar surface area (TPSA) is 127 Å². The molecular weight excluding hydrogens is 548 g/mol. The molecule has 0 aromatic carbocycles. The quantitative estimate of drug-likeness (QED) is 0.321. The number of aromatic amines is 1. The lowest BCUT2D eigenvalue weighted by Gasteiger charge is -2.38. The Kier molecular flexibility index (Phi) is 7.30. The molecule has 2 N–H and O–H groups in total. The summed E-state index contributed by atoms with van der Waals surface area (Å²) in [4.78, 5) is 23.2. The van der Waals surface area contributed by atoms with Crippen LogP contribution in [0.2, 0.25) is 0 Å². The van der Waals surface area contributed by atoms with Gasteiger partial charge in [-0.05, 0) is 37.8 Å². The molecule has 1 saturated heterocycles. The Morgan fingerprint density at radius 2 is 1.80 bits per heavy atom. The van der Waals surface area contributed by atoms with Crippen molar-refractivity contribution in [2.45, 2.75) is 43.9 Å². The minimum absolute atomic E-state index is 0.00360. The third-order valence-corrected chi connectivity index (χ3v) is 7.43. The number of morpholine rings is 1. The van der Waals surface area contributed by atoms with E-state index in [1.807, 2.05) is 0 Å². The standard InChI is InChI=1S/C26H26F4N8O3/c27-18-5-6-21(26(28,29)30)35-22(18)23-19(33-24(39)20-14-41-25(34-20)15-11-31-32-12-15)13-38(36-23)17-3-1-16(2-4-17)37-7-9-40-10-8-37/h5-6,11-14,16-17H,1-4,7-10H2,(H,31,32)(H,33,39). The Morgan fingerprint density at radius 1 is 1.05 bits per heavy atom. The van der Waals surface area contributed by atoms with E-state index < -0.39 is 29.3 Å². The number of hydrogen-bond donors (Lipinski definition) is 2. The predicted octanol–water partition coefficient (Wildman–Crippen LogP) is 4.55. The van der Waals surface area contributed by atoms with E-state index in [4.69, 9.17) is 9.15 Å². The second kappa shape index (κ2) is 11.0. The molecule has 0 atom stereocenters. The highest BCUT2D eigenvalue weighted by molar-refractivity contribution is 6.04. The number of anilines is 1. The maximum absolute atomic E-state index is 14.9. The van der Waals surface area contributed by atoms with E-state index in [9.17, 15) is 22.4 Å². The molecule has 5 heterocycles. The fraction of sp³-hybridized carbons (Fsp3) is 0.423. The van der Waals surface area contributed by atoms with Crippen molar-refractivity contribution in [2.75, 3.05) is 31.6 Å². The Balaban J connectivity index is 1.29. The third kappa shape index (κ3) is 5.72. The van der Waals surface area contributed by atoms with E-state index in [-0.39, 0.29) is 29.0 Å². The number of aromatic nitrogens is 6. The van der Waals surface area contributed by atoms with Crippen molar-refractivity contribution >= 4 is 11.6 Å². The number of oxazole rings is 1. The number of amides is 1. The van der Waals surface area contributed by atoms with Gasteiger partial charge < -0.3 is 14.5 Å². The Bertz CT molecular complexity index is 1500. The summed E-state index contributed by atoms with van der Waals surface area (Å²) in [7, 11) is 0. The van der Waals surface area contributed by atoms with Crippen LogP contribution in [0.5, 0.6) is 0 Å². The first-order valence-electron chi connectivity index (χ1n) is 13.2. The van der Waals surface area contributed by atoms with Crippen LogP contribution in [0.3, 0.4) is 0 Å². The van der Waals surface area contributed by atoms with Crippen LogP contribution in [0.15, 0.2) is 41.4 Å². The highest BCUT2D eigenvalue weighted by Gasteiger charge is 2.35. The first-order chi connectivity index (χ1) is 19.8. The number of rotatable bonds is 6. The van der Waals surface area contributed by atoms with Gasteiger partial charge in [0.1, 0.15) is 23.3 Å². The van der Waals surface area contributed by atoms with Gasteiger partial charge >= 0.3 is 6.18 Å². The molecule has 0 bridgehead atoms. The van der Waals surface area contributed by atoms with E-state index in [2.05, 4.69) is 35.5 Å². The summed E-state index contributed by atoms with van der Waals surface area (Å²) < 4.78 is 67.6. The van der Waals surface area contributed by atoms with Crippen molar-refractivity contribution in [3.05, 3.63) is 54.2 Å². The number of carbonyl (C=O) groups is 1. The van der Waals surface area contributed by atoms with Crippen molar-refractivity contribution in [3.63, 3.8) is 0 Å². The number of halogens is 4. The molecule has 15 heteroatoms. The average molecular weight is 575 g/mol. The molecule has 2 fully saturated rings. The van der Waals surface area contributed by atoms with E-state index >= 15 is 0 Å². The van der Waals surface area contributed by atoms with Crippen molar-refractivity contribution < 1.29 is 31.5 Å². The van der Waals surface area contributed by atoms with E-state index in [1.54, 1.807) is 4.68 Å². The highest BCUT2D eigenvalue weighted by atomic mass is 19.4. The van der Waals surface area contributed by atoms with Gasteiger partial charge in [-0.15, -0.1) is 0 Å². The number of nitrogens with zero attached hydrogens (tertiary/aromatic N) is 6. The van der Waals surface area contributed by atoms with E-state index in [1.165, 1.54) is 18.6 Å². The third-order valence-electron chi connectivity index (χ3n) is 7.43. The summed E-state index contributed by atoms with van der Waals surface area (Å²) in [5, 5.41) is 13.5. The lowest BCUT2D eigenvalue weighted by Crippen LogP contribution is -2.45. The molecule has 1 aliphatic carbocycles. The van der Waals surface area contributed by atoms with Crippen LogP contribution in [-0.2, 0) is 10.9 Å². The van der Waals surface area contributed by atoms with Gasteiger partial charge in [0.05, 0.1) is 36.7 Å². The Morgan fingerprint density at radius 3 is 2.51 bits per heavy atom. The molecule has 11 nitrogen and oxygen atoms in total. The lowest BCUT2D eigenvalue weighted by atomic mass is 9.90. The monoisotopic (exact) mass is 574 g/mol. The zero-order valence-electron chi connectivity index (χ0n) is 21.7. The zero-order valence-corrected chi connectivity index (χ0v) is 21.7. The Labute approximate surface area is 230 Å². The molecule has 0 spiro atoms. The van der Waals surface area contributed by atoms with Gasteiger partial charge in [-0.3, -0.25) is 19.5 Å². The average Bonchev–Trinajstić information content (AvgIpc) is 3.75. The van der Waals surface area contributed by atoms with Crippen LogP contribution in [-0.4, -0.2) is 73.1 Å². The summed E-state index contributed by atoms with van der Waals surface area (Å²) in [6.07, 6.45) is 4.15. The molecule has 0 unspecified atom stereocenters. The largest absolute Gasteiger partial charge is 0.444 e. The summed E-state index contributed by atoms with van der Waals surface area (Å²) in [6, 6.07) is 1.57. The van der Waals surface area contributed by atoms with Gasteiger partial charge in [-0.1, -0.05) is 0 Å². The van der Waals surface area contributed by atoms with Crippen LogP contribution >= 0.6 is 0 Å². The smallest absolute Gasteiger partial charge is 0.433 e. The molecule has 2 aliphatic rings. The lowest BCUT2D eigenvalue weighted by molar-refractivity contribution is -0.141. The number of hydrogen-bond acceptors (Lipinski definition) is 8. The minimum atomic E-state index is -4.80. The van der Waals surface area contributed by atoms with E-state index in [0.717, 1.165) is 45.0 Å². The normalized spacial score (nSPS) is 20.3. The van der Waals surface area contributed by atoms with Crippen LogP contribution in [0, 0.1) is 5.82 Å². The first kappa shape index (κ1) is 27.1. The molecule has 1 amide bonds. The SMILES string of the molecule is O=C(Nc1cn(C2CCC(N3CCOCC3)CC2)nc1-c1nc(C(F)(F)F)ccc1F)c1coc(-c2cn[nH]c2)n1. The molecule has 216 valence electrons. The van der Waals surface area contributed by atoms with Gasteiger partial charge in [-0.25, -0.2) is 14.4 Å². The maximum Gasteiger partial charge on any atom is 0.433 e. The molecule has 1 aliphatic heterocycles. The number of nitrogens with one attached hydrogen (secondary N) is 2. The van der Waals surface area contributed by atoms with Crippen molar-refractivity contribution in [1.29, 1.82) is 0 Å². The molecule has 4 aromatic rings. The van der Waals surface area contributed by atoms with Crippen molar-refractivity contribution in [2.24, 2.45) is 0 Å². The van der Waals surface area contributed by atoms with Gasteiger partial charge in [-0.2, -0.15) is 23.4 Å². The Hall–Kier alpha value is -4.11. The van der Waals surface area contributed by atoms with E-state index in [0.29, 0.717) is 37.0 Å². The molecule has 41 heavy (non-hydrogen) atoms. The summed E-state index contributed by atoms with van der Waals surface area (Å²) in [5.74, 6) is -1.58. The highest BCUT2D eigenvalue weighted by Crippen LogP contribution is 2.36. The molecule has 6 rings (SSSR count). The van der Waals surface area contributed by atoms with Gasteiger partial charge in [0.25, 0.3) is 5.91 Å². The predicted molar refractivity (Wildman–Crippen MR) is 136 cm³/mol. The fourth-order valence-corrected chi connectivity index (χ4v) is 5.31. The second-order valence-electron chi connectivity index (χ2n) is 9.99. The molecule has 0 radical (unpaired) electrons. The number of pyridine rings is 1. The van der Waals surface area contributed by atoms with Crippen LogP contribution in [0.1, 0.15) is 47.9 Å². The summed E-state index contributed by atoms with van der Waals surface area (Å²) in [5.41, 5.74) is -1.67. The summed E-state index contributed by atoms with van der Waals surface area (Å²) in [6.45, 7) is 3.16. The van der Waals surface area contributed by atoms with Crippen LogP contribution < -0.4 is 5.32 Å². The van der Waals surface area contributed by atoms with Gasteiger partial charge in [0.2, 0.25) is 5.89 Å². The minimum Gasteiger partial charge on any atom is -0.444 e. The van der Waals surface area contributed by atoms with Crippen molar-refractivity contribution in [1.82, 2.24) is 34.8 Å². The van der Waals surface area contributed by atoms with Gasteiger partial charge in [0, 0.05) is 31.5 Å². The molecule has 1 saturated carbocycles. The number of alkyl halides is 3. The van der Waals surface area contributed by atoms with Crippen LogP contribution in [0.25, 0.3) is 22.8 Å². The number of carbonyl (C=O) groups excluding carboxylic acids is 1. The summed E-state index contributed by atoms with van der Waals surface area (Å²) >= 11 is 0. The van der Waals surface area contributed by atoms with Crippen LogP contribution in [0.4, 0.5) is 23.2 Å². The maximum atomic E-state index is 14.9. The number of H-pyrrole nitrogens is 1. The fourth-order valence-electron chi connectivity index (χ4n) is 5.31. The van der Waals surface area contributed by atoms with Gasteiger partial charge in [0.15, 0.2) is 11.5 Å².